The van der Waals surface area contributed by atoms with Gasteiger partial charge in [0.1, 0.15) is 4.83 Å². The van der Waals surface area contributed by atoms with Crippen LogP contribution in [0.1, 0.15) is 44.3 Å². The first kappa shape index (κ1) is 20.5. The summed E-state index contributed by atoms with van der Waals surface area (Å²) in [6.45, 7) is 15.0. The molecule has 1 aliphatic rings. The number of thiazole rings is 1. The highest BCUT2D eigenvalue weighted by atomic mass is 32.1. The molecule has 1 saturated heterocycles. The van der Waals surface area contributed by atoms with Gasteiger partial charge in [-0.2, -0.15) is 0 Å². The molecule has 1 amide bonds. The van der Waals surface area contributed by atoms with Crippen LogP contribution in [0.25, 0.3) is 9.53 Å². The third kappa shape index (κ3) is 4.80. The van der Waals surface area contributed by atoms with Crippen molar-refractivity contribution in [2.24, 2.45) is 0 Å². The van der Waals surface area contributed by atoms with Crippen LogP contribution in [-0.2, 0) is 4.74 Å². The van der Waals surface area contributed by atoms with Crippen LogP contribution < -0.4 is 10.2 Å². The number of hydrogen-bond donors (Lipinski definition) is 1. The van der Waals surface area contributed by atoms with Crippen molar-refractivity contribution in [1.29, 1.82) is 0 Å². The predicted molar refractivity (Wildman–Crippen MR) is 114 cm³/mol. The Morgan fingerprint density at radius 3 is 2.59 bits per heavy atom. The van der Waals surface area contributed by atoms with E-state index in [2.05, 4.69) is 49.7 Å². The molecule has 0 saturated carbocycles. The van der Waals surface area contributed by atoms with Gasteiger partial charge in [0, 0.05) is 38.8 Å². The third-order valence-electron chi connectivity index (χ3n) is 4.97. The molecular weight excluding hydrogens is 380 g/mol. The molecule has 0 aliphatic carbocycles. The number of thiophene rings is 1. The first-order valence-corrected chi connectivity index (χ1v) is 11.4. The largest absolute Gasteiger partial charge is 0.373 e. The number of nitrogens with one attached hydrogen (secondary N) is 1. The highest BCUT2D eigenvalue weighted by molar-refractivity contribution is 7.29. The van der Waals surface area contributed by atoms with Gasteiger partial charge in [-0.25, -0.2) is 4.98 Å². The number of fused-ring (bicyclic) bond motifs is 1. The van der Waals surface area contributed by atoms with Crippen molar-refractivity contribution < 1.29 is 9.53 Å². The molecule has 6 nitrogen and oxygen atoms in total. The van der Waals surface area contributed by atoms with Crippen LogP contribution in [0.2, 0.25) is 0 Å². The quantitative estimate of drug-likeness (QED) is 0.758. The molecule has 27 heavy (non-hydrogen) atoms. The molecule has 3 heterocycles. The molecule has 150 valence electrons. The van der Waals surface area contributed by atoms with Gasteiger partial charge >= 0.3 is 0 Å². The van der Waals surface area contributed by atoms with Gasteiger partial charge in [0.05, 0.1) is 21.8 Å². The van der Waals surface area contributed by atoms with E-state index in [0.29, 0.717) is 6.54 Å². The van der Waals surface area contributed by atoms with E-state index in [1.54, 1.807) is 11.3 Å². The standard InChI is InChI=1S/C19H30N4O2S2/c1-6-22(7-2)19-21-18-16(27-19)8-15(26-18)17(24)20-9-12(3)23-10-13(4)25-14(5)11-23/h8,12-14H,6-7,9-11H2,1-5H3,(H,20,24). The van der Waals surface area contributed by atoms with Crippen molar-refractivity contribution in [1.82, 2.24) is 15.2 Å². The summed E-state index contributed by atoms with van der Waals surface area (Å²) in [4.78, 5) is 23.6. The Labute approximate surface area is 169 Å². The summed E-state index contributed by atoms with van der Waals surface area (Å²) < 4.78 is 6.89. The van der Waals surface area contributed by atoms with E-state index in [1.807, 2.05) is 6.07 Å². The lowest BCUT2D eigenvalue weighted by Crippen LogP contribution is -2.52. The molecule has 1 N–H and O–H groups in total. The van der Waals surface area contributed by atoms with E-state index in [9.17, 15) is 4.79 Å². The fourth-order valence-corrected chi connectivity index (χ4v) is 5.75. The Kier molecular flexibility index (Phi) is 6.73. The molecule has 3 atom stereocenters. The van der Waals surface area contributed by atoms with Crippen LogP contribution in [-0.4, -0.2) is 66.8 Å². The van der Waals surface area contributed by atoms with E-state index < -0.39 is 0 Å². The minimum Gasteiger partial charge on any atom is -0.373 e. The van der Waals surface area contributed by atoms with Gasteiger partial charge in [-0.3, -0.25) is 9.69 Å². The van der Waals surface area contributed by atoms with Gasteiger partial charge in [-0.05, 0) is 40.7 Å². The summed E-state index contributed by atoms with van der Waals surface area (Å²) >= 11 is 3.14. The topological polar surface area (TPSA) is 57.7 Å². The molecule has 8 heteroatoms. The summed E-state index contributed by atoms with van der Waals surface area (Å²) in [6.07, 6.45) is 0.476. The number of amides is 1. The lowest BCUT2D eigenvalue weighted by molar-refractivity contribution is -0.0778. The van der Waals surface area contributed by atoms with Crippen molar-refractivity contribution in [3.05, 3.63) is 10.9 Å². The fraction of sp³-hybridized carbons (Fsp3) is 0.684. The molecule has 0 spiro atoms. The van der Waals surface area contributed by atoms with Gasteiger partial charge in [0.2, 0.25) is 0 Å². The maximum absolute atomic E-state index is 12.6. The monoisotopic (exact) mass is 410 g/mol. The minimum atomic E-state index is -0.00389. The van der Waals surface area contributed by atoms with Crippen LogP contribution in [0.5, 0.6) is 0 Å². The van der Waals surface area contributed by atoms with Crippen molar-refractivity contribution in [3.63, 3.8) is 0 Å². The van der Waals surface area contributed by atoms with E-state index in [0.717, 1.165) is 45.7 Å². The second kappa shape index (κ2) is 8.86. The Morgan fingerprint density at radius 2 is 2.00 bits per heavy atom. The van der Waals surface area contributed by atoms with Crippen LogP contribution in [0, 0.1) is 0 Å². The zero-order chi connectivity index (χ0) is 19.6. The summed E-state index contributed by atoms with van der Waals surface area (Å²) in [6, 6.07) is 2.26. The first-order chi connectivity index (χ1) is 12.9. The number of nitrogens with zero attached hydrogens (tertiary/aromatic N) is 3. The molecule has 1 aliphatic heterocycles. The average molecular weight is 411 g/mol. The second-order valence-corrected chi connectivity index (χ2v) is 9.26. The van der Waals surface area contributed by atoms with Gasteiger partial charge in [-0.15, -0.1) is 11.3 Å². The van der Waals surface area contributed by atoms with E-state index in [4.69, 9.17) is 9.72 Å². The predicted octanol–water partition coefficient (Wildman–Crippen LogP) is 3.43. The number of rotatable bonds is 7. The van der Waals surface area contributed by atoms with Crippen LogP contribution >= 0.6 is 22.7 Å². The van der Waals surface area contributed by atoms with Crippen molar-refractivity contribution in [3.8, 4) is 0 Å². The van der Waals surface area contributed by atoms with Gasteiger partial charge in [0.15, 0.2) is 5.13 Å². The van der Waals surface area contributed by atoms with Crippen LogP contribution in [0.4, 0.5) is 5.13 Å². The van der Waals surface area contributed by atoms with Crippen LogP contribution in [0.3, 0.4) is 0 Å². The molecule has 0 bridgehead atoms. The Morgan fingerprint density at radius 1 is 1.33 bits per heavy atom. The summed E-state index contributed by atoms with van der Waals surface area (Å²) in [5, 5.41) is 4.13. The Balaban J connectivity index is 1.58. The third-order valence-corrected chi connectivity index (χ3v) is 7.19. The first-order valence-electron chi connectivity index (χ1n) is 9.74. The summed E-state index contributed by atoms with van der Waals surface area (Å²) in [5.41, 5.74) is 0. The summed E-state index contributed by atoms with van der Waals surface area (Å²) in [5.74, 6) is -0.00389. The van der Waals surface area contributed by atoms with Crippen molar-refractivity contribution >= 4 is 43.2 Å². The summed E-state index contributed by atoms with van der Waals surface area (Å²) in [7, 11) is 0. The molecule has 0 radical (unpaired) electrons. The van der Waals surface area contributed by atoms with Crippen molar-refractivity contribution in [2.45, 2.75) is 52.9 Å². The maximum Gasteiger partial charge on any atom is 0.261 e. The second-order valence-electron chi connectivity index (χ2n) is 7.22. The smallest absolute Gasteiger partial charge is 0.261 e. The van der Waals surface area contributed by atoms with Crippen molar-refractivity contribution in [2.75, 3.05) is 37.6 Å². The lowest BCUT2D eigenvalue weighted by atomic mass is 10.1. The molecule has 1 fully saturated rings. The minimum absolute atomic E-state index is 0.00389. The van der Waals surface area contributed by atoms with E-state index in [-0.39, 0.29) is 24.2 Å². The SMILES string of the molecule is CCN(CC)c1nc2sc(C(=O)NCC(C)N3CC(C)OC(C)C3)cc2s1. The zero-order valence-corrected chi connectivity index (χ0v) is 18.5. The number of carbonyl (C=O) groups is 1. The maximum atomic E-state index is 12.6. The fourth-order valence-electron chi connectivity index (χ4n) is 3.50. The van der Waals surface area contributed by atoms with Gasteiger partial charge < -0.3 is 15.0 Å². The number of ether oxygens (including phenoxy) is 1. The van der Waals surface area contributed by atoms with E-state index in [1.165, 1.54) is 11.3 Å². The molecule has 2 aromatic rings. The highest BCUT2D eigenvalue weighted by Crippen LogP contribution is 2.34. The zero-order valence-electron chi connectivity index (χ0n) is 16.8. The molecule has 3 rings (SSSR count). The Hall–Kier alpha value is -1.22. The lowest BCUT2D eigenvalue weighted by Gasteiger charge is -2.38. The average Bonchev–Trinajstić information content (AvgIpc) is 3.18. The Bertz CT molecular complexity index is 729. The number of hydrogen-bond acceptors (Lipinski definition) is 7. The normalized spacial score (nSPS) is 22.1. The molecule has 0 aromatic carbocycles. The highest BCUT2D eigenvalue weighted by Gasteiger charge is 2.26. The van der Waals surface area contributed by atoms with Crippen LogP contribution in [0.15, 0.2) is 6.07 Å². The molecule has 3 unspecified atom stereocenters. The number of carbonyl (C=O) groups excluding carboxylic acids is 1. The molecular formula is C19H30N4O2S2. The van der Waals surface area contributed by atoms with Gasteiger partial charge in [-0.1, -0.05) is 11.3 Å². The number of anilines is 1. The number of aromatic nitrogens is 1. The van der Waals surface area contributed by atoms with Gasteiger partial charge in [0.25, 0.3) is 5.91 Å². The van der Waals surface area contributed by atoms with E-state index >= 15 is 0 Å². The molecule has 2 aromatic heterocycles. The number of morpholine rings is 1.